The molecule has 1 atom stereocenters. The van der Waals surface area contributed by atoms with E-state index in [9.17, 15) is 14.7 Å². The molecule has 0 saturated heterocycles. The average molecular weight is 380 g/mol. The molecule has 0 saturated carbocycles. The molecule has 28 heavy (non-hydrogen) atoms. The minimum Gasteiger partial charge on any atom is -0.387 e. The largest absolute Gasteiger partial charge is 0.387 e. The minimum absolute atomic E-state index is 0.000965. The highest BCUT2D eigenvalue weighted by atomic mass is 16.3. The van der Waals surface area contributed by atoms with Crippen LogP contribution in [0.5, 0.6) is 0 Å². The van der Waals surface area contributed by atoms with Gasteiger partial charge in [-0.25, -0.2) is 0 Å². The summed E-state index contributed by atoms with van der Waals surface area (Å²) < 4.78 is 3.73. The molecule has 3 aromatic rings. The van der Waals surface area contributed by atoms with Gasteiger partial charge < -0.3 is 14.6 Å². The number of rotatable bonds is 4. The standard InChI is InChI=1S/C21H24N4O3/c1-2-19(26)17-12-15-13-24(9-5-10-25(15)22-17)21(28)14-23-11-8-20(27)16-6-3-4-7-18(16)23/h3-4,6-8,11-12,19,26H,2,5,9-10,13-14H2,1H3. The number of hydrogen-bond acceptors (Lipinski definition) is 4. The van der Waals surface area contributed by atoms with Crippen LogP contribution in [0.15, 0.2) is 47.4 Å². The van der Waals surface area contributed by atoms with E-state index in [4.69, 9.17) is 0 Å². The quantitative estimate of drug-likeness (QED) is 0.751. The molecule has 2 aromatic heterocycles. The number of fused-ring (bicyclic) bond motifs is 2. The van der Waals surface area contributed by atoms with E-state index in [0.717, 1.165) is 24.2 Å². The van der Waals surface area contributed by atoms with E-state index < -0.39 is 6.10 Å². The lowest BCUT2D eigenvalue weighted by Crippen LogP contribution is -2.33. The van der Waals surface area contributed by atoms with Crippen LogP contribution in [0.1, 0.15) is 37.3 Å². The number of aliphatic hydroxyl groups is 1. The molecular formula is C21H24N4O3. The SMILES string of the molecule is CCC(O)c1cc2n(n1)CCCN(C(=O)Cn1ccc(=O)c3ccccc31)C2. The summed E-state index contributed by atoms with van der Waals surface area (Å²) in [5.74, 6) is 0.000965. The van der Waals surface area contributed by atoms with Crippen LogP contribution >= 0.6 is 0 Å². The number of aryl methyl sites for hydroxylation is 1. The third-order valence-corrected chi connectivity index (χ3v) is 5.30. The van der Waals surface area contributed by atoms with Crippen LogP contribution in [0, 0.1) is 0 Å². The Hall–Kier alpha value is -2.93. The molecule has 7 nitrogen and oxygen atoms in total. The first kappa shape index (κ1) is 18.4. The van der Waals surface area contributed by atoms with E-state index in [2.05, 4.69) is 5.10 Å². The lowest BCUT2D eigenvalue weighted by molar-refractivity contribution is -0.132. The predicted molar refractivity (Wildman–Crippen MR) is 106 cm³/mol. The van der Waals surface area contributed by atoms with E-state index >= 15 is 0 Å². The molecule has 0 bridgehead atoms. The van der Waals surface area contributed by atoms with Gasteiger partial charge in [0.05, 0.1) is 29.6 Å². The van der Waals surface area contributed by atoms with Crippen molar-refractivity contribution >= 4 is 16.8 Å². The Labute approximate surface area is 162 Å². The Morgan fingerprint density at radius 1 is 1.25 bits per heavy atom. The zero-order valence-corrected chi connectivity index (χ0v) is 15.9. The summed E-state index contributed by atoms with van der Waals surface area (Å²) in [5, 5.41) is 15.2. The molecule has 0 fully saturated rings. The normalized spacial score (nSPS) is 15.3. The van der Waals surface area contributed by atoms with E-state index in [1.165, 1.54) is 6.07 Å². The summed E-state index contributed by atoms with van der Waals surface area (Å²) in [6, 6.07) is 10.7. The molecule has 7 heteroatoms. The molecule has 4 rings (SSSR count). The summed E-state index contributed by atoms with van der Waals surface area (Å²) in [4.78, 5) is 26.9. The number of pyridine rings is 1. The van der Waals surface area contributed by atoms with Crippen molar-refractivity contribution in [1.82, 2.24) is 19.2 Å². The number of para-hydroxylation sites is 1. The van der Waals surface area contributed by atoms with Gasteiger partial charge in [0.2, 0.25) is 5.91 Å². The summed E-state index contributed by atoms with van der Waals surface area (Å²) in [6.07, 6.45) is 2.53. The maximum Gasteiger partial charge on any atom is 0.242 e. The number of aliphatic hydroxyl groups excluding tert-OH is 1. The lowest BCUT2D eigenvalue weighted by atomic mass is 10.2. The molecule has 1 N–H and O–H groups in total. The second kappa shape index (κ2) is 7.59. The molecule has 1 amide bonds. The van der Waals surface area contributed by atoms with Crippen molar-refractivity contribution in [2.45, 2.75) is 45.5 Å². The molecule has 0 radical (unpaired) electrons. The zero-order valence-electron chi connectivity index (χ0n) is 15.9. The van der Waals surface area contributed by atoms with Crippen LogP contribution in [-0.2, 0) is 24.4 Å². The van der Waals surface area contributed by atoms with Gasteiger partial charge in [-0.3, -0.25) is 14.3 Å². The highest BCUT2D eigenvalue weighted by Gasteiger charge is 2.22. The minimum atomic E-state index is -0.573. The monoisotopic (exact) mass is 380 g/mol. The van der Waals surface area contributed by atoms with Crippen LogP contribution in [0.25, 0.3) is 10.9 Å². The van der Waals surface area contributed by atoms with Crippen molar-refractivity contribution in [3.8, 4) is 0 Å². The van der Waals surface area contributed by atoms with E-state index in [1.54, 1.807) is 12.3 Å². The van der Waals surface area contributed by atoms with Crippen LogP contribution in [0.2, 0.25) is 0 Å². The molecule has 1 unspecified atom stereocenters. The van der Waals surface area contributed by atoms with E-state index in [-0.39, 0.29) is 17.9 Å². The van der Waals surface area contributed by atoms with Gasteiger partial charge in [-0.15, -0.1) is 0 Å². The van der Waals surface area contributed by atoms with Crippen LogP contribution in [0.4, 0.5) is 0 Å². The number of nitrogens with zero attached hydrogens (tertiary/aromatic N) is 4. The van der Waals surface area contributed by atoms with Gasteiger partial charge in [-0.1, -0.05) is 19.1 Å². The van der Waals surface area contributed by atoms with Crippen molar-refractivity contribution in [2.24, 2.45) is 0 Å². The first-order valence-electron chi connectivity index (χ1n) is 9.67. The van der Waals surface area contributed by atoms with Gasteiger partial charge in [0.15, 0.2) is 5.43 Å². The molecule has 1 aliphatic rings. The van der Waals surface area contributed by atoms with Gasteiger partial charge in [-0.2, -0.15) is 5.10 Å². The van der Waals surface area contributed by atoms with E-state index in [1.807, 2.05) is 45.3 Å². The molecule has 3 heterocycles. The smallest absolute Gasteiger partial charge is 0.242 e. The summed E-state index contributed by atoms with van der Waals surface area (Å²) >= 11 is 0. The van der Waals surface area contributed by atoms with Crippen LogP contribution in [-0.4, -0.2) is 36.8 Å². The number of amides is 1. The number of hydrogen-bond donors (Lipinski definition) is 1. The molecule has 0 aliphatic carbocycles. The van der Waals surface area contributed by atoms with Gasteiger partial charge in [-0.05, 0) is 31.0 Å². The summed E-state index contributed by atoms with van der Waals surface area (Å²) in [7, 11) is 0. The molecule has 1 aromatic carbocycles. The first-order valence-corrected chi connectivity index (χ1v) is 9.67. The Morgan fingerprint density at radius 2 is 2.07 bits per heavy atom. The number of carbonyl (C=O) groups excluding carboxylic acids is 1. The second-order valence-corrected chi connectivity index (χ2v) is 7.20. The maximum atomic E-state index is 13.0. The zero-order chi connectivity index (χ0) is 19.7. The second-order valence-electron chi connectivity index (χ2n) is 7.20. The topological polar surface area (TPSA) is 80.4 Å². The number of aromatic nitrogens is 3. The average Bonchev–Trinajstić information content (AvgIpc) is 3.01. The fourth-order valence-corrected chi connectivity index (χ4v) is 3.71. The summed E-state index contributed by atoms with van der Waals surface area (Å²) in [5.41, 5.74) is 2.33. The van der Waals surface area contributed by atoms with Crippen molar-refractivity contribution in [1.29, 1.82) is 0 Å². The fourth-order valence-electron chi connectivity index (χ4n) is 3.71. The highest BCUT2D eigenvalue weighted by Crippen LogP contribution is 2.20. The Bertz CT molecular complexity index is 1070. The fraction of sp³-hybridized carbons (Fsp3) is 0.381. The van der Waals surface area contributed by atoms with Gasteiger partial charge in [0, 0.05) is 30.7 Å². The Balaban J connectivity index is 1.57. The van der Waals surface area contributed by atoms with Crippen molar-refractivity contribution in [3.05, 3.63) is 64.2 Å². The highest BCUT2D eigenvalue weighted by molar-refractivity contribution is 5.82. The lowest BCUT2D eigenvalue weighted by Gasteiger charge is -2.21. The number of benzene rings is 1. The first-order chi connectivity index (χ1) is 13.6. The Kier molecular flexibility index (Phi) is 5.00. The van der Waals surface area contributed by atoms with Gasteiger partial charge in [0.25, 0.3) is 0 Å². The molecular weight excluding hydrogens is 356 g/mol. The maximum absolute atomic E-state index is 13.0. The predicted octanol–water partition coefficient (Wildman–Crippen LogP) is 2.07. The van der Waals surface area contributed by atoms with Crippen molar-refractivity contribution in [3.63, 3.8) is 0 Å². The van der Waals surface area contributed by atoms with E-state index in [0.29, 0.717) is 30.6 Å². The number of carbonyl (C=O) groups is 1. The van der Waals surface area contributed by atoms with Gasteiger partial charge >= 0.3 is 0 Å². The van der Waals surface area contributed by atoms with Crippen LogP contribution < -0.4 is 5.43 Å². The summed E-state index contributed by atoms with van der Waals surface area (Å²) in [6.45, 7) is 3.96. The van der Waals surface area contributed by atoms with Gasteiger partial charge in [0.1, 0.15) is 6.54 Å². The molecule has 146 valence electrons. The Morgan fingerprint density at radius 3 is 2.89 bits per heavy atom. The van der Waals surface area contributed by atoms with Crippen LogP contribution in [0.3, 0.4) is 0 Å². The third-order valence-electron chi connectivity index (χ3n) is 5.30. The van der Waals surface area contributed by atoms with Crippen molar-refractivity contribution in [2.75, 3.05) is 6.54 Å². The van der Waals surface area contributed by atoms with Crippen molar-refractivity contribution < 1.29 is 9.90 Å². The molecule has 1 aliphatic heterocycles. The third kappa shape index (κ3) is 3.45. The molecule has 0 spiro atoms.